The van der Waals surface area contributed by atoms with Gasteiger partial charge in [0.15, 0.2) is 43.4 Å². The van der Waals surface area contributed by atoms with Crippen LogP contribution in [0, 0.1) is 23.3 Å². The molecule has 4 aromatic carbocycles. The average Bonchev–Trinajstić information content (AvgIpc) is 1.58. The summed E-state index contributed by atoms with van der Waals surface area (Å²) in [7, 11) is -10.9. The van der Waals surface area contributed by atoms with Gasteiger partial charge in [0, 0.05) is 195 Å². The van der Waals surface area contributed by atoms with Crippen LogP contribution in [0.4, 0.5) is 30.7 Å². The summed E-state index contributed by atoms with van der Waals surface area (Å²) < 4.78 is 220. The van der Waals surface area contributed by atoms with Crippen LogP contribution in [0.2, 0.25) is 20.1 Å². The average molecular weight is 2060 g/mol. The molecule has 8 aromatic rings. The summed E-state index contributed by atoms with van der Waals surface area (Å²) in [6.07, 6.45) is 9.39. The number of rotatable bonds is 23. The van der Waals surface area contributed by atoms with Crippen molar-refractivity contribution in [3.8, 4) is 0 Å². The van der Waals surface area contributed by atoms with E-state index in [0.717, 1.165) is 31.6 Å². The molecule has 0 amide bonds. The Hall–Kier alpha value is -9.57. The van der Waals surface area contributed by atoms with E-state index >= 15 is 0 Å². The van der Waals surface area contributed by atoms with Crippen LogP contribution in [-0.4, -0.2) is 233 Å². The van der Waals surface area contributed by atoms with Crippen LogP contribution >= 0.6 is 91.8 Å². The first-order valence-electron chi connectivity index (χ1n) is 39.7. The number of carbonyl (C=O) groups excluding carboxylic acids is 4. The minimum absolute atomic E-state index is 0.0324. The fraction of sp³-hybridized carbons (Fsp3) is 0.358. The second-order valence-electron chi connectivity index (χ2n) is 30.3. The molecular weight excluding hydrogens is 1980 g/mol. The fourth-order valence-electron chi connectivity index (χ4n) is 15.8. The largest absolute Gasteiger partial charge is 0.511 e. The van der Waals surface area contributed by atoms with Gasteiger partial charge in [-0.25, -0.2) is 105 Å². The number of esters is 4. The smallest absolute Gasteiger partial charge is 0.466 e. The van der Waals surface area contributed by atoms with Crippen LogP contribution in [0.3, 0.4) is 0 Å². The molecule has 3 N–H and O–H groups in total. The number of carbonyl (C=O) groups is 4. The van der Waals surface area contributed by atoms with E-state index in [2.05, 4.69) is 34.4 Å². The monoisotopic (exact) mass is 2060 g/mol. The van der Waals surface area contributed by atoms with Crippen LogP contribution in [-0.2, 0) is 78.2 Å². The molecule has 5 fully saturated rings. The maximum atomic E-state index is 13.8. The number of ether oxygens (including phenoxy) is 4. The highest BCUT2D eigenvalue weighted by Crippen LogP contribution is 2.49. The number of methoxy groups -OCH3 is 3. The third kappa shape index (κ3) is 21.1. The van der Waals surface area contributed by atoms with E-state index in [1.54, 1.807) is 63.6 Å². The highest BCUT2D eigenvalue weighted by atomic mass is 35.5. The number of thiazole rings is 4. The lowest BCUT2D eigenvalue weighted by Crippen LogP contribution is -2.44. The van der Waals surface area contributed by atoms with Crippen molar-refractivity contribution in [3.05, 3.63) is 250 Å². The van der Waals surface area contributed by atoms with Crippen molar-refractivity contribution in [2.45, 2.75) is 111 Å². The van der Waals surface area contributed by atoms with Crippen LogP contribution in [0.1, 0.15) is 119 Å². The van der Waals surface area contributed by atoms with Crippen LogP contribution in [0.5, 0.6) is 0 Å². The zero-order valence-electron chi connectivity index (χ0n) is 70.0. The van der Waals surface area contributed by atoms with Crippen LogP contribution in [0.25, 0.3) is 0 Å². The molecule has 4 saturated heterocycles. The molecule has 4 aromatic heterocycles. The molecule has 12 heterocycles. The Kier molecular flexibility index (Phi) is 29.9. The van der Waals surface area contributed by atoms with E-state index in [4.69, 9.17) is 80.3 Å². The molecule has 132 heavy (non-hydrogen) atoms. The predicted molar refractivity (Wildman–Crippen MR) is 481 cm³/mol. The number of aliphatic imine (C=N–C) groups is 4. The van der Waals surface area contributed by atoms with Gasteiger partial charge in [0.1, 0.15) is 47.4 Å². The van der Waals surface area contributed by atoms with Gasteiger partial charge in [0.2, 0.25) is 30.1 Å². The van der Waals surface area contributed by atoms with Gasteiger partial charge in [-0.15, -0.1) is 45.3 Å². The molecule has 0 radical (unpaired) electrons. The van der Waals surface area contributed by atoms with Gasteiger partial charge in [-0.1, -0.05) is 70.7 Å². The summed E-state index contributed by atoms with van der Waals surface area (Å²) in [5, 5.41) is 9.25. The van der Waals surface area contributed by atoms with Crippen molar-refractivity contribution in [3.63, 3.8) is 0 Å². The number of nitrogens with one attached hydrogen (secondary N) is 3. The number of aromatic nitrogens is 4. The normalized spacial score (nSPS) is 21.4. The zero-order valence-corrected chi connectivity index (χ0v) is 79.6. The lowest BCUT2D eigenvalue weighted by Gasteiger charge is -2.31. The number of sulfonamides is 4. The number of fused-ring (bicyclic) bond motifs is 4. The Morgan fingerprint density at radius 3 is 1.04 bits per heavy atom. The first-order valence-corrected chi connectivity index (χ1v) is 51.3. The zero-order chi connectivity index (χ0) is 95.1. The second kappa shape index (κ2) is 40.2. The Morgan fingerprint density at radius 2 is 0.765 bits per heavy atom. The molecular formula is C81H77Cl4F7N16O16S8. The summed E-state index contributed by atoms with van der Waals surface area (Å²) in [6.45, 7) is 4.02. The Balaban J connectivity index is 0.000000142. The molecule has 51 heteroatoms. The minimum atomic E-state index is -5.65. The molecule has 1 aliphatic carbocycles. The number of alkyl halides is 3. The van der Waals surface area contributed by atoms with E-state index in [1.807, 2.05) is 9.80 Å². The number of nitrogens with zero attached hydrogens (tertiary/aromatic N) is 13. The SMILES string of the molecule is CCOC(=O)C1=C2C[C@H](N(C)S(C)(=O)=O)CN2C(c2nccs2)=N[C@H]1c1ccc(F)cc1Cl.CCS(=O)(=O)N[C@H]1CC2=C(C(=O)OC)[C@H](c3ccc(F)cc3Cl)N=C(c3nccs3)N2C1.COC(=O)C1=C2C[C@H](NS(=O)(=O)C(F)(F)F)CN2C(c2nccs2)=N[C@H]1c1ccc(F)cc1Cl.COC(=O)C1=C2C[C@H](NS(=O)(=O)C3CC3)CN2C(c2nccs2)=N[C@H]1c1ccc(F)cc1Cl. The second-order valence-corrected chi connectivity index (χ2v) is 43.3. The van der Waals surface area contributed by atoms with Gasteiger partial charge in [-0.2, -0.15) is 17.5 Å². The summed E-state index contributed by atoms with van der Waals surface area (Å²) in [5.41, 5.74) is -1.26. The van der Waals surface area contributed by atoms with Crippen molar-refractivity contribution in [2.24, 2.45) is 20.0 Å². The third-order valence-electron chi connectivity index (χ3n) is 21.9. The molecule has 0 bridgehead atoms. The lowest BCUT2D eigenvalue weighted by molar-refractivity contribution is -0.139. The topological polar surface area (TPSA) is 395 Å². The van der Waals surface area contributed by atoms with E-state index in [9.17, 15) is 83.6 Å². The number of hydrogen-bond donors (Lipinski definition) is 3. The standard InChI is InChI=1S/C21H20ClFN4O4S2.C21H22ClFN4O4S2.C20H20ClFN4O4S2.C19H15ClF4N4O4S2/c1-31-21(28)17-16-9-12(26-33(29,30)13-3-4-13)10-27(16)19(20-24-6-7-32-20)25-18(17)14-5-2-11(23)8-15(14)22;1-4-31-21(28)17-16-10-13(26(2)33(3,29)30)11-27(16)19(20-24-7-8-32-20)25-18(17)14-6-5-12(23)9-15(14)22;1-3-32(28,29)25-12-9-15-16(20(27)30-2)17(13-5-4-11(22)8-14(13)21)24-18(26(15)10-12)19-23-6-7-31-19;1-32-18(29)14-13-7-10(27-34(30,31)19(22,23)24)8-28(13)16(17-25-4-5-33-17)26-15(14)11-3-2-9(21)6-12(11)20/h2,5-8,12-13,18,26H,3-4,9-10H2,1H3;5-9,13,18H,4,10-11H2,1-3H3;4-8,12,17,25H,3,9-10H2,1-2H3;2-6,10,15,27H,7-8H2,1H3/t12-,18-;13-,18-;12-,17-;10-,15-/m0000/s1. The molecule has 17 rings (SSSR count). The molecule has 1 saturated carbocycles. The van der Waals surface area contributed by atoms with Crippen molar-refractivity contribution in [1.82, 2.24) is 58.0 Å². The Labute approximate surface area is 787 Å². The predicted octanol–water partition coefficient (Wildman–Crippen LogP) is 12.5. The van der Waals surface area contributed by atoms with E-state index in [1.165, 1.54) is 137 Å². The van der Waals surface area contributed by atoms with Gasteiger partial charge in [0.25, 0.3) is 0 Å². The maximum Gasteiger partial charge on any atom is 0.511 e. The first-order chi connectivity index (χ1) is 62.6. The molecule has 702 valence electrons. The number of amidine groups is 4. The van der Waals surface area contributed by atoms with Gasteiger partial charge in [0.05, 0.1) is 67.5 Å². The quantitative estimate of drug-likeness (QED) is 0.0304. The first kappa shape index (κ1) is 98.4. The van der Waals surface area contributed by atoms with Crippen LogP contribution < -0.4 is 14.2 Å². The summed E-state index contributed by atoms with van der Waals surface area (Å²) in [6, 6.07) is 9.01. The van der Waals surface area contributed by atoms with Crippen molar-refractivity contribution < 1.29 is 103 Å². The van der Waals surface area contributed by atoms with Gasteiger partial charge >= 0.3 is 39.4 Å². The van der Waals surface area contributed by atoms with Crippen LogP contribution in [0.15, 0.2) is 184 Å². The summed E-state index contributed by atoms with van der Waals surface area (Å²) >= 11 is 30.6. The molecule has 0 spiro atoms. The number of benzene rings is 4. The highest BCUT2D eigenvalue weighted by molar-refractivity contribution is 7.90. The van der Waals surface area contributed by atoms with E-state index < -0.39 is 141 Å². The van der Waals surface area contributed by atoms with Gasteiger partial charge in [-0.05, 0) is 75.2 Å². The van der Waals surface area contributed by atoms with Crippen molar-refractivity contribution in [1.29, 1.82) is 0 Å². The molecule has 8 atom stereocenters. The van der Waals surface area contributed by atoms with Gasteiger partial charge < -0.3 is 38.5 Å². The van der Waals surface area contributed by atoms with Gasteiger partial charge in [-0.3, -0.25) is 20.0 Å². The number of halogens is 11. The molecule has 8 aliphatic heterocycles. The minimum Gasteiger partial charge on any atom is -0.466 e. The molecule has 0 unspecified atom stereocenters. The molecule has 9 aliphatic rings. The fourth-order valence-corrected chi connectivity index (χ4v) is 23.3. The highest BCUT2D eigenvalue weighted by Gasteiger charge is 2.53. The number of hydrogen-bond acceptors (Lipinski definition) is 32. The Morgan fingerprint density at radius 1 is 0.462 bits per heavy atom. The van der Waals surface area contributed by atoms with E-state index in [0.29, 0.717) is 97.2 Å². The Bertz CT molecular complexity index is 6600. The van der Waals surface area contributed by atoms with E-state index in [-0.39, 0.29) is 116 Å². The van der Waals surface area contributed by atoms with Crippen molar-refractivity contribution >= 4 is 179 Å². The lowest BCUT2D eigenvalue weighted by atomic mass is 9.94. The summed E-state index contributed by atoms with van der Waals surface area (Å²) in [5.74, 6) is -3.14. The molecule has 32 nitrogen and oxygen atoms in total. The maximum absolute atomic E-state index is 13.8. The summed E-state index contributed by atoms with van der Waals surface area (Å²) in [4.78, 5) is 94.9. The number of likely N-dealkylation sites (N-methyl/N-ethyl adjacent to an activating group) is 1. The third-order valence-corrected chi connectivity index (χ3v) is 32.4. The van der Waals surface area contributed by atoms with Crippen molar-refractivity contribution in [2.75, 3.05) is 73.2 Å².